The number of aromatic nitrogens is 1. The molecule has 1 aromatic heterocycles. The molecule has 1 aliphatic carbocycles. The number of amides is 1. The molecule has 1 saturated heterocycles. The van der Waals surface area contributed by atoms with Crippen LogP contribution in [0.15, 0.2) is 18.2 Å². The van der Waals surface area contributed by atoms with Crippen LogP contribution in [0, 0.1) is 12.8 Å². The summed E-state index contributed by atoms with van der Waals surface area (Å²) >= 11 is 0. The Morgan fingerprint density at radius 1 is 1.26 bits per heavy atom. The van der Waals surface area contributed by atoms with Crippen molar-refractivity contribution in [2.24, 2.45) is 5.92 Å². The number of nitrogens with one attached hydrogen (secondary N) is 1. The van der Waals surface area contributed by atoms with Gasteiger partial charge in [0.1, 0.15) is 0 Å². The number of rotatable bonds is 0. The summed E-state index contributed by atoms with van der Waals surface area (Å²) in [6.07, 6.45) is 7.94. The van der Waals surface area contributed by atoms with Crippen LogP contribution in [-0.4, -0.2) is 22.3 Å². The monoisotopic (exact) mass is 308 g/mol. The minimum Gasteiger partial charge on any atom is -0.356 e. The highest BCUT2D eigenvalue weighted by Gasteiger charge is 2.56. The van der Waals surface area contributed by atoms with Crippen molar-refractivity contribution in [1.29, 1.82) is 0 Å². The first kappa shape index (κ1) is 13.6. The van der Waals surface area contributed by atoms with Crippen molar-refractivity contribution in [3.63, 3.8) is 0 Å². The maximum atomic E-state index is 12.7. The number of fused-ring (bicyclic) bond motifs is 3. The SMILES string of the molecule is Cc1cccc2c3c([nH]c12)[C@@]12CCCCC[C@@H]1CC(=O)N2CC3. The number of hydrogen-bond acceptors (Lipinski definition) is 1. The number of carbonyl (C=O) groups is 1. The van der Waals surface area contributed by atoms with Gasteiger partial charge in [-0.05, 0) is 43.2 Å². The molecule has 3 aliphatic rings. The summed E-state index contributed by atoms with van der Waals surface area (Å²) in [7, 11) is 0. The molecule has 0 bridgehead atoms. The fourth-order valence-corrected chi connectivity index (χ4v) is 5.64. The van der Waals surface area contributed by atoms with Crippen LogP contribution in [-0.2, 0) is 16.8 Å². The number of nitrogens with zero attached hydrogens (tertiary/aromatic N) is 1. The summed E-state index contributed by atoms with van der Waals surface area (Å²) in [5.41, 5.74) is 5.44. The summed E-state index contributed by atoms with van der Waals surface area (Å²) in [6.45, 7) is 3.09. The quantitative estimate of drug-likeness (QED) is 0.783. The van der Waals surface area contributed by atoms with Gasteiger partial charge in [0.25, 0.3) is 0 Å². The number of para-hydroxylation sites is 1. The van der Waals surface area contributed by atoms with Crippen LogP contribution < -0.4 is 0 Å². The van der Waals surface area contributed by atoms with Crippen molar-refractivity contribution < 1.29 is 4.79 Å². The highest BCUT2D eigenvalue weighted by molar-refractivity contribution is 5.89. The smallest absolute Gasteiger partial charge is 0.223 e. The number of hydrogen-bond donors (Lipinski definition) is 1. The van der Waals surface area contributed by atoms with E-state index in [-0.39, 0.29) is 5.54 Å². The van der Waals surface area contributed by atoms with E-state index in [0.29, 0.717) is 11.8 Å². The summed E-state index contributed by atoms with van der Waals surface area (Å²) < 4.78 is 0. The van der Waals surface area contributed by atoms with E-state index in [4.69, 9.17) is 0 Å². The van der Waals surface area contributed by atoms with Crippen LogP contribution >= 0.6 is 0 Å². The molecule has 1 N–H and O–H groups in total. The molecule has 3 nitrogen and oxygen atoms in total. The molecule has 2 atom stereocenters. The van der Waals surface area contributed by atoms with Gasteiger partial charge in [-0.25, -0.2) is 0 Å². The molecule has 2 fully saturated rings. The first-order valence-electron chi connectivity index (χ1n) is 9.13. The fraction of sp³-hybridized carbons (Fsp3) is 0.550. The van der Waals surface area contributed by atoms with E-state index in [1.54, 1.807) is 0 Å². The minimum atomic E-state index is -0.0351. The average Bonchev–Trinajstić information content (AvgIpc) is 2.98. The van der Waals surface area contributed by atoms with E-state index in [1.165, 1.54) is 53.4 Å². The average molecular weight is 308 g/mol. The first-order valence-corrected chi connectivity index (χ1v) is 9.13. The lowest BCUT2D eigenvalue weighted by molar-refractivity contribution is -0.132. The van der Waals surface area contributed by atoms with Gasteiger partial charge in [-0.3, -0.25) is 4.79 Å². The third-order valence-corrected chi connectivity index (χ3v) is 6.66. The molecule has 1 aromatic carbocycles. The zero-order valence-corrected chi connectivity index (χ0v) is 13.8. The molecule has 120 valence electrons. The number of aryl methyl sites for hydroxylation is 1. The molecular weight excluding hydrogens is 284 g/mol. The minimum absolute atomic E-state index is 0.0351. The van der Waals surface area contributed by atoms with Crippen LogP contribution in [0.5, 0.6) is 0 Å². The van der Waals surface area contributed by atoms with Gasteiger partial charge < -0.3 is 9.88 Å². The Morgan fingerprint density at radius 2 is 2.17 bits per heavy atom. The molecule has 2 aliphatic heterocycles. The summed E-state index contributed by atoms with van der Waals surface area (Å²) in [4.78, 5) is 18.7. The molecular formula is C20H24N2O. The highest BCUT2D eigenvalue weighted by atomic mass is 16.2. The Labute approximate surface area is 137 Å². The van der Waals surface area contributed by atoms with Gasteiger partial charge in [-0.1, -0.05) is 37.5 Å². The van der Waals surface area contributed by atoms with Gasteiger partial charge in [-0.15, -0.1) is 0 Å². The van der Waals surface area contributed by atoms with Crippen LogP contribution in [0.3, 0.4) is 0 Å². The van der Waals surface area contributed by atoms with E-state index in [1.807, 2.05) is 0 Å². The molecule has 1 saturated carbocycles. The molecule has 1 amide bonds. The van der Waals surface area contributed by atoms with E-state index in [9.17, 15) is 4.79 Å². The molecule has 3 heterocycles. The van der Waals surface area contributed by atoms with Crippen molar-refractivity contribution in [3.8, 4) is 0 Å². The van der Waals surface area contributed by atoms with Crippen LogP contribution in [0.25, 0.3) is 10.9 Å². The van der Waals surface area contributed by atoms with Crippen molar-refractivity contribution in [1.82, 2.24) is 9.88 Å². The second-order valence-corrected chi connectivity index (χ2v) is 7.70. The predicted octanol–water partition coefficient (Wildman–Crippen LogP) is 4.04. The van der Waals surface area contributed by atoms with E-state index >= 15 is 0 Å². The van der Waals surface area contributed by atoms with Crippen LogP contribution in [0.1, 0.15) is 55.3 Å². The summed E-state index contributed by atoms with van der Waals surface area (Å²) in [6, 6.07) is 6.61. The molecule has 2 aromatic rings. The van der Waals surface area contributed by atoms with E-state index in [0.717, 1.165) is 25.8 Å². The zero-order valence-electron chi connectivity index (χ0n) is 13.8. The van der Waals surface area contributed by atoms with E-state index < -0.39 is 0 Å². The number of carbonyl (C=O) groups excluding carboxylic acids is 1. The normalized spacial score (nSPS) is 30.0. The zero-order chi connectivity index (χ0) is 15.6. The van der Waals surface area contributed by atoms with Crippen molar-refractivity contribution in [2.45, 2.75) is 57.4 Å². The van der Waals surface area contributed by atoms with Crippen molar-refractivity contribution in [2.75, 3.05) is 6.54 Å². The molecule has 5 rings (SSSR count). The molecule has 3 heteroatoms. The molecule has 0 radical (unpaired) electrons. The van der Waals surface area contributed by atoms with Crippen molar-refractivity contribution >= 4 is 16.8 Å². The van der Waals surface area contributed by atoms with Crippen LogP contribution in [0.4, 0.5) is 0 Å². The largest absolute Gasteiger partial charge is 0.356 e. The number of benzene rings is 1. The van der Waals surface area contributed by atoms with Gasteiger partial charge in [-0.2, -0.15) is 0 Å². The van der Waals surface area contributed by atoms with Gasteiger partial charge in [0, 0.05) is 29.6 Å². The summed E-state index contributed by atoms with van der Waals surface area (Å²) in [5.74, 6) is 0.892. The molecule has 23 heavy (non-hydrogen) atoms. The maximum Gasteiger partial charge on any atom is 0.223 e. The van der Waals surface area contributed by atoms with Gasteiger partial charge in [0.2, 0.25) is 5.91 Å². The fourth-order valence-electron chi connectivity index (χ4n) is 5.64. The topological polar surface area (TPSA) is 36.1 Å². The molecule has 1 spiro atoms. The molecule has 0 unspecified atom stereocenters. The van der Waals surface area contributed by atoms with Gasteiger partial charge in [0.15, 0.2) is 0 Å². The third-order valence-electron chi connectivity index (χ3n) is 6.66. The Kier molecular flexibility index (Phi) is 2.74. The lowest BCUT2D eigenvalue weighted by Gasteiger charge is -2.45. The Morgan fingerprint density at radius 3 is 3.09 bits per heavy atom. The lowest BCUT2D eigenvalue weighted by Crippen LogP contribution is -2.50. The summed E-state index contributed by atoms with van der Waals surface area (Å²) in [5, 5.41) is 1.39. The third kappa shape index (κ3) is 1.63. The second kappa shape index (κ2) is 4.62. The lowest BCUT2D eigenvalue weighted by atomic mass is 9.74. The maximum absolute atomic E-state index is 12.7. The van der Waals surface area contributed by atoms with Gasteiger partial charge >= 0.3 is 0 Å². The Bertz CT molecular complexity index is 805. The van der Waals surface area contributed by atoms with E-state index in [2.05, 4.69) is 35.0 Å². The number of H-pyrrole nitrogens is 1. The Hall–Kier alpha value is -1.77. The highest BCUT2D eigenvalue weighted by Crippen LogP contribution is 2.54. The van der Waals surface area contributed by atoms with Crippen LogP contribution in [0.2, 0.25) is 0 Å². The standard InChI is InChI=1S/C20H24N2O/c1-13-6-5-8-15-16-9-11-22-17(23)12-14-7-3-2-4-10-20(14,22)19(16)21-18(13)15/h5-6,8,14,21H,2-4,7,9-12H2,1H3/t14-,20-/m1/s1. The Balaban J connectivity index is 1.80. The van der Waals surface area contributed by atoms with Crippen molar-refractivity contribution in [3.05, 3.63) is 35.0 Å². The van der Waals surface area contributed by atoms with Gasteiger partial charge in [0.05, 0.1) is 5.54 Å². The number of aromatic amines is 1. The predicted molar refractivity (Wildman–Crippen MR) is 91.3 cm³/mol. The first-order chi connectivity index (χ1) is 11.2. The second-order valence-electron chi connectivity index (χ2n) is 7.70.